The van der Waals surface area contributed by atoms with Crippen LogP contribution in [0.25, 0.3) is 0 Å². The molecule has 1 heterocycles. The van der Waals surface area contributed by atoms with Crippen molar-refractivity contribution >= 4 is 18.2 Å². The Labute approximate surface area is 109 Å². The van der Waals surface area contributed by atoms with Gasteiger partial charge in [0.15, 0.2) is 6.04 Å². The Morgan fingerprint density at radius 1 is 1.26 bits per heavy atom. The molecule has 1 saturated heterocycles. The van der Waals surface area contributed by atoms with Gasteiger partial charge in [0.2, 0.25) is 0 Å². The minimum Gasteiger partial charge on any atom is -0.480 e. The van der Waals surface area contributed by atoms with Gasteiger partial charge in [-0.15, -0.1) is 4.39 Å². The molecule has 8 heteroatoms. The van der Waals surface area contributed by atoms with Crippen LogP contribution in [-0.2, 0) is 9.53 Å². The summed E-state index contributed by atoms with van der Waals surface area (Å²) in [4.78, 5) is 35.3. The van der Waals surface area contributed by atoms with Crippen LogP contribution in [0.1, 0.15) is 20.8 Å². The minimum atomic E-state index is -1.70. The van der Waals surface area contributed by atoms with Crippen molar-refractivity contribution in [2.24, 2.45) is 0 Å². The number of hydrogen-bond donors (Lipinski definition) is 1. The molecule has 1 fully saturated rings. The van der Waals surface area contributed by atoms with E-state index >= 15 is 0 Å². The van der Waals surface area contributed by atoms with E-state index in [-0.39, 0.29) is 19.6 Å². The zero-order chi connectivity index (χ0) is 14.8. The second kappa shape index (κ2) is 5.41. The molecule has 1 aliphatic rings. The first-order valence-electron chi connectivity index (χ1n) is 5.78. The fourth-order valence-electron chi connectivity index (χ4n) is 1.69. The van der Waals surface area contributed by atoms with Crippen molar-refractivity contribution in [3.63, 3.8) is 0 Å². The number of hydrogen-bond acceptors (Lipinski definition) is 4. The number of ether oxygens (including phenoxy) is 1. The van der Waals surface area contributed by atoms with Gasteiger partial charge in [-0.2, -0.15) is 0 Å². The van der Waals surface area contributed by atoms with Crippen molar-refractivity contribution in [2.45, 2.75) is 32.4 Å². The average Bonchev–Trinajstić information content (AvgIpc) is 2.25. The van der Waals surface area contributed by atoms with E-state index in [1.807, 2.05) is 0 Å². The number of carboxylic acids is 1. The van der Waals surface area contributed by atoms with Gasteiger partial charge in [0.25, 0.3) is 0 Å². The normalized spacial score (nSPS) is 20.1. The van der Waals surface area contributed by atoms with Crippen LogP contribution in [0.4, 0.5) is 14.0 Å². The Kier molecular flexibility index (Phi) is 4.33. The molecule has 0 radical (unpaired) electrons. The molecular weight excluding hydrogens is 259 g/mol. The number of piperazine rings is 1. The van der Waals surface area contributed by atoms with E-state index < -0.39 is 29.9 Å². The highest BCUT2D eigenvalue weighted by molar-refractivity contribution is 5.81. The van der Waals surface area contributed by atoms with E-state index in [1.165, 1.54) is 0 Å². The van der Waals surface area contributed by atoms with Crippen LogP contribution in [-0.4, -0.2) is 64.4 Å². The Hall–Kier alpha value is -1.86. The molecule has 0 bridgehead atoms. The van der Waals surface area contributed by atoms with Gasteiger partial charge in [0, 0.05) is 13.1 Å². The highest BCUT2D eigenvalue weighted by atomic mass is 19.1. The first-order valence-corrected chi connectivity index (χ1v) is 5.78. The van der Waals surface area contributed by atoms with Crippen molar-refractivity contribution < 1.29 is 28.6 Å². The van der Waals surface area contributed by atoms with Crippen molar-refractivity contribution in [3.05, 3.63) is 0 Å². The fraction of sp³-hybridized carbons (Fsp3) is 0.727. The van der Waals surface area contributed by atoms with Gasteiger partial charge < -0.3 is 14.7 Å². The first kappa shape index (κ1) is 15.2. The van der Waals surface area contributed by atoms with Gasteiger partial charge in [-0.3, -0.25) is 4.90 Å². The summed E-state index contributed by atoms with van der Waals surface area (Å²) in [6, 6.07) is -1.30. The van der Waals surface area contributed by atoms with E-state index in [9.17, 15) is 18.8 Å². The molecule has 1 atom stereocenters. The van der Waals surface area contributed by atoms with E-state index in [1.54, 1.807) is 20.8 Å². The molecule has 0 aliphatic carbocycles. The van der Waals surface area contributed by atoms with Crippen molar-refractivity contribution in [1.29, 1.82) is 0 Å². The lowest BCUT2D eigenvalue weighted by Crippen LogP contribution is -2.59. The lowest BCUT2D eigenvalue weighted by molar-refractivity contribution is -0.145. The van der Waals surface area contributed by atoms with Gasteiger partial charge in [-0.1, -0.05) is 0 Å². The third kappa shape index (κ3) is 4.08. The quantitative estimate of drug-likeness (QED) is 0.572. The monoisotopic (exact) mass is 276 g/mol. The SMILES string of the molecule is CC(C)(C)OC(=O)N1CCN(C(=O)F)CC1C(=O)O. The summed E-state index contributed by atoms with van der Waals surface area (Å²) in [6.45, 7) is 4.44. The summed E-state index contributed by atoms with van der Waals surface area (Å²) in [5, 5.41) is 9.05. The Morgan fingerprint density at radius 2 is 1.84 bits per heavy atom. The number of rotatable bonds is 1. The molecule has 0 aromatic rings. The van der Waals surface area contributed by atoms with E-state index in [4.69, 9.17) is 9.84 Å². The predicted octanol–water partition coefficient (Wildman–Crippen LogP) is 1.08. The molecule has 0 saturated carbocycles. The Morgan fingerprint density at radius 3 is 2.26 bits per heavy atom. The van der Waals surface area contributed by atoms with E-state index in [2.05, 4.69) is 0 Å². The van der Waals surface area contributed by atoms with E-state index in [0.717, 1.165) is 9.80 Å². The maximum absolute atomic E-state index is 12.6. The van der Waals surface area contributed by atoms with Crippen LogP contribution in [0.5, 0.6) is 0 Å². The van der Waals surface area contributed by atoms with Gasteiger partial charge >= 0.3 is 18.2 Å². The summed E-state index contributed by atoms with van der Waals surface area (Å²) in [7, 11) is 0. The molecule has 19 heavy (non-hydrogen) atoms. The Bertz CT molecular complexity index is 393. The smallest absolute Gasteiger partial charge is 0.411 e. The molecule has 7 nitrogen and oxygen atoms in total. The summed E-state index contributed by atoms with van der Waals surface area (Å²) in [6.07, 6.45) is -2.49. The molecule has 1 unspecified atom stereocenters. The molecule has 1 N–H and O–H groups in total. The number of halogens is 1. The lowest BCUT2D eigenvalue weighted by Gasteiger charge is -2.38. The molecule has 1 rings (SSSR count). The zero-order valence-corrected chi connectivity index (χ0v) is 11.1. The van der Waals surface area contributed by atoms with Crippen LogP contribution in [0, 0.1) is 0 Å². The van der Waals surface area contributed by atoms with Crippen LogP contribution < -0.4 is 0 Å². The highest BCUT2D eigenvalue weighted by Crippen LogP contribution is 2.16. The Balaban J connectivity index is 2.80. The molecule has 2 amide bonds. The zero-order valence-electron chi connectivity index (χ0n) is 11.1. The maximum Gasteiger partial charge on any atom is 0.411 e. The highest BCUT2D eigenvalue weighted by Gasteiger charge is 2.38. The van der Waals surface area contributed by atoms with Crippen LogP contribution in [0.3, 0.4) is 0 Å². The van der Waals surface area contributed by atoms with Crippen LogP contribution in [0.2, 0.25) is 0 Å². The van der Waals surface area contributed by atoms with Crippen LogP contribution >= 0.6 is 0 Å². The summed E-state index contributed by atoms with van der Waals surface area (Å²) in [5.74, 6) is -1.31. The van der Waals surface area contributed by atoms with Gasteiger partial charge in [0.05, 0.1) is 6.54 Å². The molecule has 0 spiro atoms. The number of carbonyl (C=O) groups is 3. The van der Waals surface area contributed by atoms with Crippen LogP contribution in [0.15, 0.2) is 0 Å². The second-order valence-electron chi connectivity index (χ2n) is 5.23. The number of nitrogens with zero attached hydrogens (tertiary/aromatic N) is 2. The largest absolute Gasteiger partial charge is 0.480 e. The molecule has 0 aromatic heterocycles. The number of aliphatic carboxylic acids is 1. The van der Waals surface area contributed by atoms with Crippen molar-refractivity contribution in [3.8, 4) is 0 Å². The third-order valence-corrected chi connectivity index (χ3v) is 2.54. The van der Waals surface area contributed by atoms with Gasteiger partial charge in [-0.25, -0.2) is 14.4 Å². The average molecular weight is 276 g/mol. The van der Waals surface area contributed by atoms with Gasteiger partial charge in [0.1, 0.15) is 5.60 Å². The number of carbonyl (C=O) groups excluding carboxylic acids is 2. The molecule has 0 aromatic carbocycles. The predicted molar refractivity (Wildman–Crippen MR) is 62.4 cm³/mol. The van der Waals surface area contributed by atoms with Crippen molar-refractivity contribution in [1.82, 2.24) is 9.80 Å². The number of carboxylic acid groups (broad SMARTS) is 1. The maximum atomic E-state index is 12.6. The molecule has 108 valence electrons. The minimum absolute atomic E-state index is 0.0572. The first-order chi connectivity index (χ1) is 8.61. The lowest BCUT2D eigenvalue weighted by atomic mass is 10.1. The van der Waals surface area contributed by atoms with E-state index in [0.29, 0.717) is 0 Å². The number of amides is 2. The topological polar surface area (TPSA) is 87.2 Å². The molecule has 1 aliphatic heterocycles. The summed E-state index contributed by atoms with van der Waals surface area (Å²) < 4.78 is 17.7. The fourth-order valence-corrected chi connectivity index (χ4v) is 1.69. The summed E-state index contributed by atoms with van der Waals surface area (Å²) >= 11 is 0. The third-order valence-electron chi connectivity index (χ3n) is 2.54. The summed E-state index contributed by atoms with van der Waals surface area (Å²) in [5.41, 5.74) is -0.757. The van der Waals surface area contributed by atoms with Gasteiger partial charge in [-0.05, 0) is 20.8 Å². The van der Waals surface area contributed by atoms with Crippen molar-refractivity contribution in [2.75, 3.05) is 19.6 Å². The molecular formula is C11H17FN2O5. The second-order valence-corrected chi connectivity index (χ2v) is 5.23. The standard InChI is InChI=1S/C11H17FN2O5/c1-11(2,3)19-10(18)14-5-4-13(9(12)17)6-7(14)8(15)16/h7H,4-6H2,1-3H3,(H,15,16).